The number of carbonyl (C=O) groups is 1. The predicted octanol–water partition coefficient (Wildman–Crippen LogP) is 0.861. The van der Waals surface area contributed by atoms with Gasteiger partial charge in [-0.2, -0.15) is 0 Å². The molecule has 3 aliphatic heterocycles. The number of amides is 1. The highest BCUT2D eigenvalue weighted by atomic mass is 16.7. The second-order valence-electron chi connectivity index (χ2n) is 6.70. The molecule has 1 aromatic heterocycles. The highest BCUT2D eigenvalue weighted by molar-refractivity contribution is 5.79. The second kappa shape index (κ2) is 6.22. The smallest absolute Gasteiger partial charge is 0.253 e. The molecule has 3 atom stereocenters. The topological polar surface area (TPSA) is 70.7 Å². The van der Waals surface area contributed by atoms with Gasteiger partial charge in [-0.1, -0.05) is 0 Å². The van der Waals surface area contributed by atoms with Crippen molar-refractivity contribution in [3.05, 3.63) is 17.7 Å². The minimum atomic E-state index is -0.121. The van der Waals surface area contributed by atoms with E-state index >= 15 is 0 Å². The molecule has 126 valence electrons. The summed E-state index contributed by atoms with van der Waals surface area (Å²) in [6, 6.07) is 0.317. The van der Waals surface area contributed by atoms with Crippen molar-refractivity contribution in [1.82, 2.24) is 19.9 Å². The number of ether oxygens (including phenoxy) is 1. The molecule has 7 nitrogen and oxygen atoms in total. The van der Waals surface area contributed by atoms with Gasteiger partial charge in [-0.15, -0.1) is 0 Å². The molecule has 1 N–H and O–H groups in total. The second-order valence-corrected chi connectivity index (χ2v) is 6.70. The molecule has 1 amide bonds. The van der Waals surface area contributed by atoms with Crippen LogP contribution in [0, 0.1) is 12.8 Å². The Labute approximate surface area is 135 Å². The molecule has 23 heavy (non-hydrogen) atoms. The van der Waals surface area contributed by atoms with Gasteiger partial charge in [-0.05, 0) is 26.2 Å². The number of imidazole rings is 1. The van der Waals surface area contributed by atoms with Crippen molar-refractivity contribution < 1.29 is 14.4 Å². The van der Waals surface area contributed by atoms with Crippen LogP contribution in [0.1, 0.15) is 30.8 Å². The molecule has 3 fully saturated rings. The number of fused-ring (bicyclic) bond motifs is 1. The fourth-order valence-electron chi connectivity index (χ4n) is 3.99. The summed E-state index contributed by atoms with van der Waals surface area (Å²) >= 11 is 0. The van der Waals surface area contributed by atoms with Gasteiger partial charge in [0, 0.05) is 44.2 Å². The van der Waals surface area contributed by atoms with Crippen LogP contribution in [0.5, 0.6) is 0 Å². The molecule has 0 radical (unpaired) electrons. The monoisotopic (exact) mass is 320 g/mol. The van der Waals surface area contributed by atoms with E-state index in [2.05, 4.69) is 14.9 Å². The number of hydrogen-bond donors (Lipinski definition) is 1. The van der Waals surface area contributed by atoms with Gasteiger partial charge in [0.1, 0.15) is 5.82 Å². The first-order chi connectivity index (χ1) is 11.2. The number of hydrogen-bond acceptors (Lipinski definition) is 5. The van der Waals surface area contributed by atoms with E-state index in [-0.39, 0.29) is 17.9 Å². The molecule has 0 spiro atoms. The highest BCUT2D eigenvalue weighted by Gasteiger charge is 2.50. The minimum Gasteiger partial charge on any atom is -0.376 e. The molecule has 0 unspecified atom stereocenters. The fraction of sp³-hybridized carbons (Fsp3) is 0.750. The van der Waals surface area contributed by atoms with Gasteiger partial charge in [0.05, 0.1) is 18.6 Å². The lowest BCUT2D eigenvalue weighted by Gasteiger charge is -2.29. The molecule has 4 heterocycles. The van der Waals surface area contributed by atoms with Crippen molar-refractivity contribution in [1.29, 1.82) is 0 Å². The number of likely N-dealkylation sites (tertiary alicyclic amines) is 1. The number of H-pyrrole nitrogens is 1. The third kappa shape index (κ3) is 2.88. The van der Waals surface area contributed by atoms with Crippen LogP contribution in [0.4, 0.5) is 0 Å². The van der Waals surface area contributed by atoms with Gasteiger partial charge in [-0.3, -0.25) is 14.5 Å². The molecular weight excluding hydrogens is 296 g/mol. The molecule has 0 bridgehead atoms. The summed E-state index contributed by atoms with van der Waals surface area (Å²) in [5, 5.41) is 1.57. The molecule has 1 aromatic rings. The van der Waals surface area contributed by atoms with Crippen LogP contribution in [0.2, 0.25) is 0 Å². The van der Waals surface area contributed by atoms with E-state index in [1.807, 2.05) is 13.1 Å². The number of aromatic amines is 1. The molecular formula is C16H24N4O3. The maximum atomic E-state index is 12.8. The summed E-state index contributed by atoms with van der Waals surface area (Å²) in [7, 11) is 0. The number of rotatable bonds is 3. The van der Waals surface area contributed by atoms with Crippen molar-refractivity contribution in [2.24, 2.45) is 5.92 Å². The minimum absolute atomic E-state index is 0.00274. The van der Waals surface area contributed by atoms with Gasteiger partial charge < -0.3 is 9.72 Å². The fourth-order valence-corrected chi connectivity index (χ4v) is 3.99. The van der Waals surface area contributed by atoms with Crippen LogP contribution in [0.3, 0.4) is 0 Å². The van der Waals surface area contributed by atoms with Crippen molar-refractivity contribution in [2.75, 3.05) is 26.3 Å². The van der Waals surface area contributed by atoms with Gasteiger partial charge >= 0.3 is 0 Å². The lowest BCUT2D eigenvalue weighted by atomic mass is 10.0. The van der Waals surface area contributed by atoms with E-state index in [4.69, 9.17) is 9.57 Å². The van der Waals surface area contributed by atoms with E-state index in [0.29, 0.717) is 19.2 Å². The summed E-state index contributed by atoms with van der Waals surface area (Å²) < 4.78 is 5.90. The molecule has 3 saturated heterocycles. The summed E-state index contributed by atoms with van der Waals surface area (Å²) in [5.41, 5.74) is 1.09. The van der Waals surface area contributed by atoms with Crippen molar-refractivity contribution in [3.8, 4) is 0 Å². The van der Waals surface area contributed by atoms with E-state index in [0.717, 1.165) is 50.5 Å². The average Bonchev–Trinajstić information content (AvgIpc) is 3.26. The van der Waals surface area contributed by atoms with E-state index in [1.54, 1.807) is 5.06 Å². The number of hydroxylamine groups is 2. The summed E-state index contributed by atoms with van der Waals surface area (Å²) in [6.45, 7) is 5.55. The number of aryl methyl sites for hydroxylation is 1. The number of aromatic nitrogens is 2. The predicted molar refractivity (Wildman–Crippen MR) is 82.3 cm³/mol. The molecule has 0 aliphatic carbocycles. The van der Waals surface area contributed by atoms with E-state index in [9.17, 15) is 4.79 Å². The standard InChI is InChI=1S/C16H24N4O3/c1-11-17-8-12(18-11)9-19-10-13(15-14(19)4-7-22-15)16(21)20-5-2-3-6-23-20/h8,13-15H,2-7,9-10H2,1H3,(H,17,18)/t13-,14+,15+/m0/s1. The first-order valence-electron chi connectivity index (χ1n) is 8.53. The van der Waals surface area contributed by atoms with Gasteiger partial charge in [0.2, 0.25) is 0 Å². The average molecular weight is 320 g/mol. The lowest BCUT2D eigenvalue weighted by Crippen LogP contribution is -2.43. The Balaban J connectivity index is 1.47. The van der Waals surface area contributed by atoms with E-state index < -0.39 is 0 Å². The first kappa shape index (κ1) is 15.1. The maximum absolute atomic E-state index is 12.8. The normalized spacial score (nSPS) is 31.5. The zero-order chi connectivity index (χ0) is 15.8. The van der Waals surface area contributed by atoms with Gasteiger partial charge in [-0.25, -0.2) is 10.0 Å². The number of carbonyl (C=O) groups excluding carboxylic acids is 1. The summed E-state index contributed by atoms with van der Waals surface area (Å²) in [5.74, 6) is 0.891. The Kier molecular flexibility index (Phi) is 4.09. The van der Waals surface area contributed by atoms with Crippen LogP contribution >= 0.6 is 0 Å². The molecule has 0 aromatic carbocycles. The van der Waals surface area contributed by atoms with Gasteiger partial charge in [0.25, 0.3) is 5.91 Å². The van der Waals surface area contributed by atoms with Crippen LogP contribution in [-0.4, -0.2) is 64.3 Å². The van der Waals surface area contributed by atoms with Crippen molar-refractivity contribution in [3.63, 3.8) is 0 Å². The maximum Gasteiger partial charge on any atom is 0.253 e. The quantitative estimate of drug-likeness (QED) is 0.894. The Morgan fingerprint density at radius 1 is 1.43 bits per heavy atom. The Morgan fingerprint density at radius 2 is 2.35 bits per heavy atom. The van der Waals surface area contributed by atoms with Gasteiger partial charge in [0.15, 0.2) is 0 Å². The Hall–Kier alpha value is -1.44. The van der Waals surface area contributed by atoms with Crippen molar-refractivity contribution >= 4 is 5.91 Å². The largest absolute Gasteiger partial charge is 0.376 e. The third-order valence-electron chi connectivity index (χ3n) is 5.09. The Bertz CT molecular complexity index is 569. The summed E-state index contributed by atoms with van der Waals surface area (Å²) in [6.07, 6.45) is 4.91. The lowest BCUT2D eigenvalue weighted by molar-refractivity contribution is -0.203. The molecule has 3 aliphatic rings. The molecule has 0 saturated carbocycles. The highest BCUT2D eigenvalue weighted by Crippen LogP contribution is 2.35. The third-order valence-corrected chi connectivity index (χ3v) is 5.09. The SMILES string of the molecule is Cc1ncc(CN2C[C@H](C(=O)N3CCCCO3)[C@H]3OCC[C@H]32)[nH]1. The summed E-state index contributed by atoms with van der Waals surface area (Å²) in [4.78, 5) is 28.3. The Morgan fingerprint density at radius 3 is 3.09 bits per heavy atom. The van der Waals surface area contributed by atoms with Crippen LogP contribution in [0.25, 0.3) is 0 Å². The van der Waals surface area contributed by atoms with Crippen molar-refractivity contribution in [2.45, 2.75) is 44.9 Å². The van der Waals surface area contributed by atoms with Crippen LogP contribution < -0.4 is 0 Å². The van der Waals surface area contributed by atoms with Crippen LogP contribution in [0.15, 0.2) is 6.20 Å². The first-order valence-corrected chi connectivity index (χ1v) is 8.53. The van der Waals surface area contributed by atoms with Crippen LogP contribution in [-0.2, 0) is 20.9 Å². The molecule has 7 heteroatoms. The zero-order valence-electron chi connectivity index (χ0n) is 13.5. The zero-order valence-corrected chi connectivity index (χ0v) is 13.5. The molecule has 4 rings (SSSR count). The number of nitrogens with zero attached hydrogens (tertiary/aromatic N) is 3. The van der Waals surface area contributed by atoms with E-state index in [1.165, 1.54) is 0 Å². The number of nitrogens with one attached hydrogen (secondary N) is 1.